The molecule has 0 radical (unpaired) electrons. The molecule has 3 aromatic rings. The van der Waals surface area contributed by atoms with E-state index in [1.54, 1.807) is 43.3 Å². The first-order valence-electron chi connectivity index (χ1n) is 8.78. The summed E-state index contributed by atoms with van der Waals surface area (Å²) in [7, 11) is -4.37. The maximum absolute atomic E-state index is 14.4. The van der Waals surface area contributed by atoms with Crippen LogP contribution in [-0.2, 0) is 10.0 Å². The Hall–Kier alpha value is -1.86. The van der Waals surface area contributed by atoms with Crippen LogP contribution in [0.5, 0.6) is 0 Å². The molecular weight excluding hydrogens is 475 g/mol. The lowest BCUT2D eigenvalue weighted by molar-refractivity contribution is 0.546. The minimum absolute atomic E-state index is 0.0442. The first-order chi connectivity index (χ1) is 14.1. The first-order valence-corrected chi connectivity index (χ1v) is 11.4. The number of hydrogen-bond acceptors (Lipinski definition) is 2. The minimum atomic E-state index is -4.37. The molecule has 9 heteroatoms. The van der Waals surface area contributed by atoms with Gasteiger partial charge in [-0.25, -0.2) is 17.2 Å². The molecule has 0 bridgehead atoms. The summed E-state index contributed by atoms with van der Waals surface area (Å²) in [5, 5.41) is 1.03. The van der Waals surface area contributed by atoms with Crippen LogP contribution in [0.1, 0.15) is 18.4 Å². The van der Waals surface area contributed by atoms with Crippen molar-refractivity contribution < 1.29 is 17.2 Å². The highest BCUT2D eigenvalue weighted by Crippen LogP contribution is 2.32. The quantitative estimate of drug-likeness (QED) is 0.376. The summed E-state index contributed by atoms with van der Waals surface area (Å²) in [6.45, 7) is 1.76. The highest BCUT2D eigenvalue weighted by Gasteiger charge is 2.30. The SMILES string of the molecule is CC(CN(c1cccc(Cl)c1)S(=O)(=O)c1ccc(F)cc1F)c1ccc(Cl)c(Cl)c1. The molecule has 1 atom stereocenters. The van der Waals surface area contributed by atoms with Crippen LogP contribution in [0.2, 0.25) is 15.1 Å². The van der Waals surface area contributed by atoms with Gasteiger partial charge in [0.2, 0.25) is 0 Å². The molecule has 0 spiro atoms. The number of nitrogens with zero attached hydrogens (tertiary/aromatic N) is 1. The predicted molar refractivity (Wildman–Crippen MR) is 117 cm³/mol. The molecule has 3 nitrogen and oxygen atoms in total. The van der Waals surface area contributed by atoms with Crippen molar-refractivity contribution >= 4 is 50.5 Å². The molecule has 0 saturated carbocycles. The van der Waals surface area contributed by atoms with Crippen molar-refractivity contribution in [2.75, 3.05) is 10.8 Å². The Balaban J connectivity index is 2.07. The van der Waals surface area contributed by atoms with Crippen LogP contribution < -0.4 is 4.31 Å². The second kappa shape index (κ2) is 9.10. The summed E-state index contributed by atoms with van der Waals surface area (Å²) >= 11 is 18.1. The normalized spacial score (nSPS) is 12.6. The zero-order chi connectivity index (χ0) is 22.1. The summed E-state index contributed by atoms with van der Waals surface area (Å²) in [6.07, 6.45) is 0. The van der Waals surface area contributed by atoms with Gasteiger partial charge >= 0.3 is 0 Å². The molecule has 0 amide bonds. The summed E-state index contributed by atoms with van der Waals surface area (Å²) in [6, 6.07) is 13.5. The van der Waals surface area contributed by atoms with Crippen molar-refractivity contribution in [2.24, 2.45) is 0 Å². The molecule has 0 aliphatic carbocycles. The van der Waals surface area contributed by atoms with Crippen LogP contribution >= 0.6 is 34.8 Å². The average molecular weight is 491 g/mol. The lowest BCUT2D eigenvalue weighted by Crippen LogP contribution is -2.35. The number of halogens is 5. The first kappa shape index (κ1) is 22.8. The molecule has 158 valence electrons. The van der Waals surface area contributed by atoms with E-state index in [1.807, 2.05) is 0 Å². The van der Waals surface area contributed by atoms with Crippen LogP contribution in [-0.4, -0.2) is 15.0 Å². The highest BCUT2D eigenvalue weighted by molar-refractivity contribution is 7.92. The standard InChI is InChI=1S/C21H16Cl3F2NO2S/c1-13(14-5-7-18(23)19(24)9-14)12-27(17-4-2-3-15(22)10-17)30(28,29)21-8-6-16(25)11-20(21)26/h2-11,13H,12H2,1H3. The van der Waals surface area contributed by atoms with Gasteiger partial charge in [0.25, 0.3) is 10.0 Å². The van der Waals surface area contributed by atoms with E-state index >= 15 is 0 Å². The van der Waals surface area contributed by atoms with E-state index < -0.39 is 26.6 Å². The summed E-state index contributed by atoms with van der Waals surface area (Å²) in [5.41, 5.74) is 0.990. The van der Waals surface area contributed by atoms with Gasteiger partial charge in [-0.1, -0.05) is 53.9 Å². The Bertz CT molecular complexity index is 1190. The molecule has 1 unspecified atom stereocenters. The molecular formula is C21H16Cl3F2NO2S. The molecule has 0 heterocycles. The van der Waals surface area contributed by atoms with E-state index in [1.165, 1.54) is 6.07 Å². The van der Waals surface area contributed by atoms with Crippen molar-refractivity contribution in [2.45, 2.75) is 17.7 Å². The third-order valence-corrected chi connectivity index (χ3v) is 7.31. The van der Waals surface area contributed by atoms with Gasteiger partial charge in [-0.15, -0.1) is 0 Å². The summed E-state index contributed by atoms with van der Waals surface area (Å²) in [4.78, 5) is -0.634. The smallest absolute Gasteiger partial charge is 0.266 e. The number of rotatable bonds is 6. The Morgan fingerprint density at radius 1 is 0.933 bits per heavy atom. The van der Waals surface area contributed by atoms with Gasteiger partial charge in [-0.2, -0.15) is 0 Å². The fourth-order valence-corrected chi connectivity index (χ4v) is 5.03. The fourth-order valence-electron chi connectivity index (χ4n) is 2.95. The van der Waals surface area contributed by atoms with E-state index in [4.69, 9.17) is 34.8 Å². The van der Waals surface area contributed by atoms with Crippen molar-refractivity contribution in [3.8, 4) is 0 Å². The molecule has 0 aromatic heterocycles. The van der Waals surface area contributed by atoms with Crippen molar-refractivity contribution in [1.82, 2.24) is 0 Å². The Kier molecular flexibility index (Phi) is 6.92. The zero-order valence-electron chi connectivity index (χ0n) is 15.6. The number of hydrogen-bond donors (Lipinski definition) is 0. The molecule has 0 saturated heterocycles. The van der Waals surface area contributed by atoms with Crippen molar-refractivity contribution in [1.29, 1.82) is 0 Å². The van der Waals surface area contributed by atoms with Gasteiger partial charge in [0, 0.05) is 17.6 Å². The van der Waals surface area contributed by atoms with Crippen LogP contribution in [0.25, 0.3) is 0 Å². The van der Waals surface area contributed by atoms with E-state index in [2.05, 4.69) is 0 Å². The predicted octanol–water partition coefficient (Wildman–Crippen LogP) is 6.92. The minimum Gasteiger partial charge on any atom is -0.266 e. The maximum Gasteiger partial charge on any atom is 0.267 e. The summed E-state index contributed by atoms with van der Waals surface area (Å²) < 4.78 is 55.4. The molecule has 0 aliphatic rings. The molecule has 0 fully saturated rings. The second-order valence-electron chi connectivity index (χ2n) is 6.67. The zero-order valence-corrected chi connectivity index (χ0v) is 18.7. The highest BCUT2D eigenvalue weighted by atomic mass is 35.5. The lowest BCUT2D eigenvalue weighted by Gasteiger charge is -2.28. The van der Waals surface area contributed by atoms with Crippen LogP contribution in [0.3, 0.4) is 0 Å². The van der Waals surface area contributed by atoms with Crippen molar-refractivity contribution in [3.63, 3.8) is 0 Å². The molecule has 3 aromatic carbocycles. The number of benzene rings is 3. The van der Waals surface area contributed by atoms with E-state index in [0.717, 1.165) is 22.0 Å². The van der Waals surface area contributed by atoms with E-state index in [0.29, 0.717) is 21.1 Å². The number of sulfonamides is 1. The summed E-state index contributed by atoms with van der Waals surface area (Å²) in [5.74, 6) is -2.38. The monoisotopic (exact) mass is 489 g/mol. The second-order valence-corrected chi connectivity index (χ2v) is 9.75. The van der Waals surface area contributed by atoms with Crippen LogP contribution in [0, 0.1) is 11.6 Å². The Labute approximate surface area is 188 Å². The topological polar surface area (TPSA) is 37.4 Å². The van der Waals surface area contributed by atoms with Gasteiger partial charge in [0.05, 0.1) is 15.7 Å². The van der Waals surface area contributed by atoms with Gasteiger partial charge in [0.15, 0.2) is 0 Å². The Morgan fingerprint density at radius 3 is 2.30 bits per heavy atom. The average Bonchev–Trinajstić information content (AvgIpc) is 2.67. The van der Waals surface area contributed by atoms with Crippen molar-refractivity contribution in [3.05, 3.63) is 92.9 Å². The maximum atomic E-state index is 14.4. The van der Waals surface area contributed by atoms with Gasteiger partial charge in [-0.3, -0.25) is 4.31 Å². The molecule has 3 rings (SSSR count). The van der Waals surface area contributed by atoms with Gasteiger partial charge < -0.3 is 0 Å². The third-order valence-electron chi connectivity index (χ3n) is 4.51. The largest absolute Gasteiger partial charge is 0.267 e. The van der Waals surface area contributed by atoms with E-state index in [-0.39, 0.29) is 18.2 Å². The van der Waals surface area contributed by atoms with Crippen LogP contribution in [0.4, 0.5) is 14.5 Å². The van der Waals surface area contributed by atoms with Gasteiger partial charge in [0.1, 0.15) is 16.5 Å². The molecule has 0 N–H and O–H groups in total. The lowest BCUT2D eigenvalue weighted by atomic mass is 10.0. The fraction of sp³-hybridized carbons (Fsp3) is 0.143. The van der Waals surface area contributed by atoms with Gasteiger partial charge in [-0.05, 0) is 53.9 Å². The van der Waals surface area contributed by atoms with Crippen LogP contribution in [0.15, 0.2) is 65.6 Å². The van der Waals surface area contributed by atoms with E-state index in [9.17, 15) is 17.2 Å². The third kappa shape index (κ3) is 4.89. The Morgan fingerprint density at radius 2 is 1.67 bits per heavy atom. The number of anilines is 1. The molecule has 0 aliphatic heterocycles. The molecule has 30 heavy (non-hydrogen) atoms.